The van der Waals surface area contributed by atoms with Gasteiger partial charge in [-0.15, -0.1) is 29.5 Å². The molecule has 8 rings (SSSR count). The summed E-state index contributed by atoms with van der Waals surface area (Å²) in [7, 11) is -9.84. The number of aliphatic hydroxyl groups excluding tert-OH is 1. The van der Waals surface area contributed by atoms with E-state index in [-0.39, 0.29) is 189 Å². The summed E-state index contributed by atoms with van der Waals surface area (Å²) in [6.45, 7) is 7.63. The van der Waals surface area contributed by atoms with Gasteiger partial charge in [-0.2, -0.15) is 6.42 Å². The molecule has 0 aliphatic carbocycles. The van der Waals surface area contributed by atoms with Gasteiger partial charge in [0.2, 0.25) is 11.8 Å². The summed E-state index contributed by atoms with van der Waals surface area (Å²) in [6, 6.07) is 5.28. The van der Waals surface area contributed by atoms with E-state index in [1.807, 2.05) is 0 Å². The van der Waals surface area contributed by atoms with Crippen LogP contribution in [0.1, 0.15) is 82.4 Å². The summed E-state index contributed by atoms with van der Waals surface area (Å²) in [4.78, 5) is 98.7. The van der Waals surface area contributed by atoms with Gasteiger partial charge in [-0.1, -0.05) is 35.9 Å². The van der Waals surface area contributed by atoms with Gasteiger partial charge in [0.15, 0.2) is 11.5 Å². The number of hydrogen-bond donors (Lipinski definition) is 1. The quantitative estimate of drug-likeness (QED) is 0.0330. The van der Waals surface area contributed by atoms with Crippen LogP contribution < -0.4 is 73.3 Å². The third-order valence-electron chi connectivity index (χ3n) is 13.7. The molecule has 4 saturated heterocycles. The van der Waals surface area contributed by atoms with Crippen LogP contribution in [0.2, 0.25) is 0 Å². The first-order chi connectivity index (χ1) is 35.5. The van der Waals surface area contributed by atoms with Gasteiger partial charge in [0.25, 0.3) is 23.6 Å². The number of benzene rings is 2. The number of hydroxylamine groups is 2. The van der Waals surface area contributed by atoms with Crippen LogP contribution in [-0.2, 0) is 73.6 Å². The first-order valence-corrected chi connectivity index (χ1v) is 29.6. The van der Waals surface area contributed by atoms with Gasteiger partial charge in [-0.25, -0.2) is 13.2 Å². The maximum absolute atomic E-state index is 15.0. The number of aliphatic hydroxyl groups is 1. The van der Waals surface area contributed by atoms with Crippen LogP contribution in [-0.4, -0.2) is 179 Å². The van der Waals surface area contributed by atoms with E-state index >= 15 is 4.57 Å². The third-order valence-corrected chi connectivity index (χ3v) is 19.5. The van der Waals surface area contributed by atoms with Gasteiger partial charge < -0.3 is 49.5 Å². The molecule has 0 spiro atoms. The topological polar surface area (TPSA) is 315 Å². The van der Waals surface area contributed by atoms with E-state index in [2.05, 4.69) is 19.6 Å². The molecule has 6 heterocycles. The summed E-state index contributed by atoms with van der Waals surface area (Å²) in [5, 5.41) is 8.60. The van der Waals surface area contributed by atoms with Crippen molar-refractivity contribution in [2.45, 2.75) is 87.0 Å². The van der Waals surface area contributed by atoms with E-state index in [9.17, 15) is 51.6 Å². The molecule has 77 heavy (non-hydrogen) atoms. The number of carbonyl (C=O) groups excluding carboxylic acids is 7. The Morgan fingerprint density at radius 1 is 0.831 bits per heavy atom. The zero-order valence-corrected chi connectivity index (χ0v) is 50.1. The number of nitrogens with zero attached hydrogens (tertiary/aromatic N) is 4. The number of rotatable bonds is 20. The molecule has 0 bridgehead atoms. The number of hydrogen-bond acceptors (Lipinski definition) is 20. The molecule has 0 radical (unpaired) electrons. The van der Waals surface area contributed by atoms with Crippen LogP contribution in [0.15, 0.2) is 48.6 Å². The predicted molar refractivity (Wildman–Crippen MR) is 265 cm³/mol. The first-order valence-electron chi connectivity index (χ1n) is 23.8. The molecule has 6 aliphatic heterocycles. The van der Waals surface area contributed by atoms with Crippen LogP contribution in [0, 0.1) is 6.42 Å². The average Bonchev–Trinajstić information content (AvgIpc) is 4.05. The Hall–Kier alpha value is -3.92. The predicted octanol–water partition coefficient (Wildman–Crippen LogP) is -3.97. The van der Waals surface area contributed by atoms with Crippen molar-refractivity contribution in [1.29, 1.82) is 0 Å². The van der Waals surface area contributed by atoms with Gasteiger partial charge in [0.05, 0.1) is 60.7 Å². The smallest absolute Gasteiger partial charge is 0.748 e. The van der Waals surface area contributed by atoms with Gasteiger partial charge in [-0.05, 0) is 55.5 Å². The monoisotopic (exact) mass is 1160 g/mol. The van der Waals surface area contributed by atoms with Crippen LogP contribution in [0.25, 0.3) is 0 Å². The van der Waals surface area contributed by atoms with E-state index in [0.29, 0.717) is 47.1 Å². The second kappa shape index (κ2) is 27.5. The third kappa shape index (κ3) is 15.5. The zero-order chi connectivity index (χ0) is 54.5. The fourth-order valence-corrected chi connectivity index (χ4v) is 15.0. The van der Waals surface area contributed by atoms with Crippen molar-refractivity contribution in [3.05, 3.63) is 82.8 Å². The number of imide groups is 2. The van der Waals surface area contributed by atoms with Crippen LogP contribution in [0.5, 0.6) is 17.2 Å². The number of fused-ring (bicyclic) bond motifs is 4. The van der Waals surface area contributed by atoms with E-state index in [1.165, 1.54) is 24.1 Å². The van der Waals surface area contributed by atoms with E-state index < -0.39 is 86.5 Å². The van der Waals surface area contributed by atoms with Crippen molar-refractivity contribution < 1.29 is 147 Å². The minimum absolute atomic E-state index is 0. The van der Waals surface area contributed by atoms with Crippen molar-refractivity contribution in [2.75, 3.05) is 64.2 Å². The first kappa shape index (κ1) is 63.9. The van der Waals surface area contributed by atoms with Crippen molar-refractivity contribution in [3.8, 4) is 17.2 Å². The average molecular weight is 1170 g/mol. The molecule has 6 amide bonds. The van der Waals surface area contributed by atoms with Crippen molar-refractivity contribution in [1.82, 2.24) is 19.8 Å². The Labute approximate surface area is 494 Å². The second-order valence-electron chi connectivity index (χ2n) is 18.7. The number of ether oxygens (including phenoxy) is 3. The Morgan fingerprint density at radius 2 is 1.43 bits per heavy atom. The SMILES string of the molecule is C=C1C[C@H]2[CH-]Cc3cc(OCCP(=O)(CCOc4cc5c(cc4CO)C(=O)N4CC(=C)C[C@H]4C(S(=O)(=O)[O-])C5)CCSC4CC(=O)N(CCCC(=O)ON5C(=O)CCC5=O)C4=O)c(OC)cc3C(=O)N2C1.O=S(=O)=O.[Na+].[Na+]. The minimum atomic E-state index is -4.88. The Balaban J connectivity index is 0.00000176. The van der Waals surface area contributed by atoms with Gasteiger partial charge >= 0.3 is 75.7 Å². The number of methoxy groups -OCH3 is 1. The Morgan fingerprint density at radius 3 is 2.06 bits per heavy atom. The molecule has 406 valence electrons. The number of thioether (sulfide) groups is 1. The molecule has 0 saturated carbocycles. The molecule has 1 N–H and O–H groups in total. The van der Waals surface area contributed by atoms with Gasteiger partial charge in [0, 0.05) is 86.2 Å². The standard InChI is InChI=1S/C48H56N4O16PS2.2Na.O3S/c1-28-17-33-7-6-30-20-39(38(65-3)23-35(30)46(58)50(33)25-28)67-12-14-69(61,15-16-70-40-24-44(56)49(48(40)60)10-4-5-45(57)68-52-42(54)8-9-43(52)55)13-11-66-37-21-31-22-41(71(62,63)64)36-18-29(2)26-51(36)47(59)34(31)19-32(37)27-53;;;1-4(2)3/h7,19-21,23,33,36,40-41,53H,1-2,4-6,8-18,22,24-27H2,3H3,(H,62,63,64);;;/q-1;2*+1;/p-1/t33-,36+,40?,41?,69?;;;/m1.../s1. The van der Waals surface area contributed by atoms with Crippen molar-refractivity contribution >= 4 is 81.0 Å². The molecular formula is C48H55N4Na2O19PS3. The molecular weight excluding hydrogens is 1110 g/mol. The molecule has 2 aromatic carbocycles. The summed E-state index contributed by atoms with van der Waals surface area (Å²) >= 11 is 1.16. The van der Waals surface area contributed by atoms with Crippen molar-refractivity contribution in [3.63, 3.8) is 0 Å². The fraction of sp³-hybridized carbons (Fsp3) is 0.500. The summed E-state index contributed by atoms with van der Waals surface area (Å²) in [5.41, 5.74) is 3.40. The van der Waals surface area contributed by atoms with Crippen LogP contribution >= 0.6 is 18.9 Å². The van der Waals surface area contributed by atoms with Crippen molar-refractivity contribution in [2.24, 2.45) is 0 Å². The Bertz CT molecular complexity index is 2980. The zero-order valence-electron chi connectivity index (χ0n) is 42.8. The van der Waals surface area contributed by atoms with E-state index in [0.717, 1.165) is 27.8 Å². The number of carbonyl (C=O) groups is 7. The number of likely N-dealkylation sites (tertiary alicyclic amines) is 1. The molecule has 29 heteroatoms. The normalized spacial score (nSPS) is 21.6. The van der Waals surface area contributed by atoms with Gasteiger partial charge in [0.1, 0.15) is 5.75 Å². The Kier molecular flexibility index (Phi) is 22.8. The summed E-state index contributed by atoms with van der Waals surface area (Å²) < 4.78 is 96.1. The molecule has 6 aliphatic rings. The fourth-order valence-electron chi connectivity index (χ4n) is 9.94. The molecule has 5 atom stereocenters. The van der Waals surface area contributed by atoms with E-state index in [4.69, 9.17) is 31.7 Å². The summed E-state index contributed by atoms with van der Waals surface area (Å²) in [6.07, 6.45) is 2.71. The van der Waals surface area contributed by atoms with Gasteiger partial charge in [-0.3, -0.25) is 33.7 Å². The van der Waals surface area contributed by atoms with Crippen LogP contribution in [0.3, 0.4) is 0 Å². The molecule has 23 nitrogen and oxygen atoms in total. The molecule has 0 aromatic heterocycles. The maximum atomic E-state index is 15.0. The van der Waals surface area contributed by atoms with Crippen LogP contribution in [0.4, 0.5) is 0 Å². The summed E-state index contributed by atoms with van der Waals surface area (Å²) in [5.74, 6) is -2.75. The van der Waals surface area contributed by atoms with E-state index in [1.54, 1.807) is 17.0 Å². The molecule has 2 aromatic rings. The number of amides is 6. The second-order valence-corrected chi connectivity index (χ2v) is 25.5. The largest absolute Gasteiger partial charge is 1.00 e. The maximum Gasteiger partial charge on any atom is 1.00 e. The molecule has 4 fully saturated rings. The minimum Gasteiger partial charge on any atom is -0.748 e. The molecule has 3 unspecified atom stereocenters.